The zero-order valence-corrected chi connectivity index (χ0v) is 11.9. The van der Waals surface area contributed by atoms with Crippen molar-refractivity contribution in [2.45, 2.75) is 31.8 Å². The first-order valence-corrected chi connectivity index (χ1v) is 8.04. The van der Waals surface area contributed by atoms with Gasteiger partial charge >= 0.3 is 0 Å². The third-order valence-electron chi connectivity index (χ3n) is 3.56. The van der Waals surface area contributed by atoms with Gasteiger partial charge in [0.1, 0.15) is 0 Å². The van der Waals surface area contributed by atoms with E-state index >= 15 is 0 Å². The Morgan fingerprint density at radius 1 is 1.61 bits per heavy atom. The fraction of sp³-hybridized carbons (Fsp3) is 0.769. The normalized spacial score (nSPS) is 21.3. The summed E-state index contributed by atoms with van der Waals surface area (Å²) in [7, 11) is 0. The van der Waals surface area contributed by atoms with E-state index in [1.165, 1.54) is 18.6 Å². The monoisotopic (exact) mass is 269 g/mol. The molecule has 4 nitrogen and oxygen atoms in total. The van der Waals surface area contributed by atoms with Gasteiger partial charge in [-0.3, -0.25) is 0 Å². The van der Waals surface area contributed by atoms with Crippen molar-refractivity contribution in [3.05, 3.63) is 18.2 Å². The van der Waals surface area contributed by atoms with Gasteiger partial charge in [-0.05, 0) is 31.3 Å². The molecule has 0 aromatic carbocycles. The fourth-order valence-electron chi connectivity index (χ4n) is 2.40. The average Bonchev–Trinajstić information content (AvgIpc) is 3.04. The maximum absolute atomic E-state index is 6.33. The van der Waals surface area contributed by atoms with E-state index in [9.17, 15) is 0 Å². The fourth-order valence-corrected chi connectivity index (χ4v) is 2.89. The van der Waals surface area contributed by atoms with Gasteiger partial charge in [-0.25, -0.2) is 4.98 Å². The summed E-state index contributed by atoms with van der Waals surface area (Å²) in [6.45, 7) is 2.66. The zero-order valence-electron chi connectivity index (χ0n) is 11.0. The van der Waals surface area contributed by atoms with Crippen molar-refractivity contribution < 1.29 is 4.74 Å². The first kappa shape index (κ1) is 13.9. The van der Waals surface area contributed by atoms with Crippen LogP contribution in [0.15, 0.2) is 12.5 Å². The molecule has 5 heteroatoms. The average molecular weight is 269 g/mol. The Balaban J connectivity index is 1.89. The van der Waals surface area contributed by atoms with Crippen molar-refractivity contribution in [2.75, 3.05) is 25.2 Å². The lowest BCUT2D eigenvalue weighted by Crippen LogP contribution is -2.24. The molecule has 0 amide bonds. The van der Waals surface area contributed by atoms with Crippen molar-refractivity contribution >= 4 is 11.8 Å². The third-order valence-corrected chi connectivity index (χ3v) is 4.25. The van der Waals surface area contributed by atoms with Crippen molar-refractivity contribution in [1.82, 2.24) is 9.55 Å². The number of nitrogens with two attached hydrogens (primary N) is 1. The second-order valence-corrected chi connectivity index (χ2v) is 5.85. The number of hydrogen-bond acceptors (Lipinski definition) is 4. The standard InChI is InChI=1S/C13H23N3OS/c1-18-7-3-2-5-16-10-15-8-12(16)13(14)11-4-6-17-9-11/h8,10-11,13H,2-7,9,14H2,1H3. The van der Waals surface area contributed by atoms with Crippen LogP contribution in [0.1, 0.15) is 31.0 Å². The Labute approximate surface area is 113 Å². The lowest BCUT2D eigenvalue weighted by Gasteiger charge is -2.19. The quantitative estimate of drug-likeness (QED) is 0.770. The van der Waals surface area contributed by atoms with E-state index in [-0.39, 0.29) is 6.04 Å². The van der Waals surface area contributed by atoms with E-state index in [0.29, 0.717) is 5.92 Å². The van der Waals surface area contributed by atoms with Gasteiger partial charge in [0.05, 0.1) is 24.7 Å². The van der Waals surface area contributed by atoms with Crippen LogP contribution >= 0.6 is 11.8 Å². The van der Waals surface area contributed by atoms with Gasteiger partial charge < -0.3 is 15.0 Å². The number of ether oxygens (including phenoxy) is 1. The molecule has 102 valence electrons. The number of aromatic nitrogens is 2. The van der Waals surface area contributed by atoms with E-state index in [0.717, 1.165) is 31.9 Å². The highest BCUT2D eigenvalue weighted by Crippen LogP contribution is 2.26. The minimum absolute atomic E-state index is 0.0653. The summed E-state index contributed by atoms with van der Waals surface area (Å²) in [4.78, 5) is 4.25. The second-order valence-electron chi connectivity index (χ2n) is 4.86. The molecule has 1 aliphatic heterocycles. The lowest BCUT2D eigenvalue weighted by atomic mass is 9.97. The molecule has 0 aliphatic carbocycles. The minimum Gasteiger partial charge on any atom is -0.381 e. The molecule has 0 saturated carbocycles. The molecule has 1 saturated heterocycles. The molecular formula is C13H23N3OS. The summed E-state index contributed by atoms with van der Waals surface area (Å²) in [5.41, 5.74) is 7.49. The Bertz CT molecular complexity index is 350. The molecule has 1 aromatic rings. The predicted molar refractivity (Wildman–Crippen MR) is 75.7 cm³/mol. The molecule has 0 bridgehead atoms. The van der Waals surface area contributed by atoms with Crippen LogP contribution in [0.4, 0.5) is 0 Å². The van der Waals surface area contributed by atoms with E-state index in [1.54, 1.807) is 0 Å². The third kappa shape index (κ3) is 3.49. The maximum Gasteiger partial charge on any atom is 0.0948 e. The molecule has 1 aromatic heterocycles. The van der Waals surface area contributed by atoms with E-state index < -0.39 is 0 Å². The summed E-state index contributed by atoms with van der Waals surface area (Å²) in [6, 6.07) is 0.0653. The lowest BCUT2D eigenvalue weighted by molar-refractivity contribution is 0.180. The number of hydrogen-bond donors (Lipinski definition) is 1. The number of imidazole rings is 1. The van der Waals surface area contributed by atoms with Crippen molar-refractivity contribution in [1.29, 1.82) is 0 Å². The molecule has 2 N–H and O–H groups in total. The summed E-state index contributed by atoms with van der Waals surface area (Å²) < 4.78 is 7.63. The molecular weight excluding hydrogens is 246 g/mol. The number of thioether (sulfide) groups is 1. The van der Waals surface area contributed by atoms with Gasteiger partial charge in [0.15, 0.2) is 0 Å². The number of unbranched alkanes of at least 4 members (excludes halogenated alkanes) is 1. The van der Waals surface area contributed by atoms with Gasteiger partial charge in [0, 0.05) is 25.3 Å². The molecule has 1 aliphatic rings. The smallest absolute Gasteiger partial charge is 0.0948 e. The van der Waals surface area contributed by atoms with Crippen LogP contribution in [0.3, 0.4) is 0 Å². The highest BCUT2D eigenvalue weighted by atomic mass is 32.2. The molecule has 18 heavy (non-hydrogen) atoms. The number of rotatable bonds is 7. The van der Waals surface area contributed by atoms with E-state index in [4.69, 9.17) is 10.5 Å². The van der Waals surface area contributed by atoms with E-state index in [1.807, 2.05) is 24.3 Å². The summed E-state index contributed by atoms with van der Waals surface area (Å²) in [5.74, 6) is 1.68. The summed E-state index contributed by atoms with van der Waals surface area (Å²) >= 11 is 1.90. The first-order chi connectivity index (χ1) is 8.83. The second kappa shape index (κ2) is 7.16. The van der Waals surface area contributed by atoms with Crippen LogP contribution in [0.5, 0.6) is 0 Å². The van der Waals surface area contributed by atoms with Crippen LogP contribution < -0.4 is 5.73 Å². The minimum atomic E-state index is 0.0653. The SMILES string of the molecule is CSCCCCn1cncc1C(N)C1CCOC1. The number of aryl methyl sites for hydroxylation is 1. The van der Waals surface area contributed by atoms with Gasteiger partial charge in [-0.2, -0.15) is 11.8 Å². The van der Waals surface area contributed by atoms with Crippen LogP contribution in [0, 0.1) is 5.92 Å². The van der Waals surface area contributed by atoms with Crippen molar-refractivity contribution in [2.24, 2.45) is 11.7 Å². The maximum atomic E-state index is 6.33. The van der Waals surface area contributed by atoms with Crippen LogP contribution in [0.25, 0.3) is 0 Å². The van der Waals surface area contributed by atoms with Crippen LogP contribution in [-0.4, -0.2) is 34.8 Å². The largest absolute Gasteiger partial charge is 0.381 e. The molecule has 0 radical (unpaired) electrons. The molecule has 2 atom stereocenters. The topological polar surface area (TPSA) is 53.1 Å². The van der Waals surface area contributed by atoms with Crippen molar-refractivity contribution in [3.63, 3.8) is 0 Å². The first-order valence-electron chi connectivity index (χ1n) is 6.65. The molecule has 1 fully saturated rings. The van der Waals surface area contributed by atoms with Gasteiger partial charge in [-0.15, -0.1) is 0 Å². The summed E-state index contributed by atoms with van der Waals surface area (Å²) in [5, 5.41) is 0. The highest BCUT2D eigenvalue weighted by Gasteiger charge is 2.26. The van der Waals surface area contributed by atoms with Crippen LogP contribution in [-0.2, 0) is 11.3 Å². The summed E-state index contributed by atoms with van der Waals surface area (Å²) in [6.07, 6.45) is 9.48. The van der Waals surface area contributed by atoms with Gasteiger partial charge in [-0.1, -0.05) is 0 Å². The zero-order chi connectivity index (χ0) is 12.8. The Morgan fingerprint density at radius 3 is 3.22 bits per heavy atom. The molecule has 2 rings (SSSR count). The van der Waals surface area contributed by atoms with Crippen molar-refractivity contribution in [3.8, 4) is 0 Å². The molecule has 0 spiro atoms. The Hall–Kier alpha value is -0.520. The van der Waals surface area contributed by atoms with Gasteiger partial charge in [0.25, 0.3) is 0 Å². The Morgan fingerprint density at radius 2 is 2.50 bits per heavy atom. The predicted octanol–water partition coefficient (Wildman–Crippen LogP) is 2.06. The molecule has 2 unspecified atom stereocenters. The van der Waals surface area contributed by atoms with Crippen LogP contribution in [0.2, 0.25) is 0 Å². The Kier molecular flexibility index (Phi) is 5.53. The molecule has 2 heterocycles. The highest BCUT2D eigenvalue weighted by molar-refractivity contribution is 7.98. The van der Waals surface area contributed by atoms with E-state index in [2.05, 4.69) is 15.8 Å². The van der Waals surface area contributed by atoms with Gasteiger partial charge in [0.2, 0.25) is 0 Å². The number of nitrogens with zero attached hydrogens (tertiary/aromatic N) is 2.